The van der Waals surface area contributed by atoms with Crippen LogP contribution in [0, 0.1) is 16.0 Å². The number of rotatable bonds is 6. The molecule has 9 heteroatoms. The first-order valence-electron chi connectivity index (χ1n) is 8.62. The second kappa shape index (κ2) is 8.32. The van der Waals surface area contributed by atoms with Crippen molar-refractivity contribution in [1.29, 1.82) is 0 Å². The van der Waals surface area contributed by atoms with Crippen LogP contribution in [0.15, 0.2) is 69.8 Å². The highest BCUT2D eigenvalue weighted by atomic mass is 16.6. The molecule has 0 amide bonds. The SMILES string of the molecule is CC1=C(OCCc2ccccn2)C(C2=CNC(=C=O)N=C2)C([N+](=O)[O-])=C(C)N1. The molecule has 1 aromatic heterocycles. The molecular weight excluding hydrogens is 362 g/mol. The van der Waals surface area contributed by atoms with E-state index < -0.39 is 10.8 Å². The Morgan fingerprint density at radius 3 is 2.75 bits per heavy atom. The minimum atomic E-state index is -0.760. The second-order valence-corrected chi connectivity index (χ2v) is 6.23. The largest absolute Gasteiger partial charge is 0.494 e. The number of ether oxygens (including phenoxy) is 1. The van der Waals surface area contributed by atoms with Crippen molar-refractivity contribution >= 4 is 12.2 Å². The van der Waals surface area contributed by atoms with E-state index in [9.17, 15) is 14.9 Å². The summed E-state index contributed by atoms with van der Waals surface area (Å²) in [7, 11) is 0. The molecule has 3 heterocycles. The van der Waals surface area contributed by atoms with Crippen LogP contribution < -0.4 is 10.6 Å². The average Bonchev–Trinajstić information content (AvgIpc) is 2.69. The molecule has 1 unspecified atom stereocenters. The fourth-order valence-corrected chi connectivity index (χ4v) is 3.10. The molecule has 1 atom stereocenters. The Bertz CT molecular complexity index is 956. The summed E-state index contributed by atoms with van der Waals surface area (Å²) in [6, 6.07) is 5.61. The molecule has 2 aliphatic heterocycles. The van der Waals surface area contributed by atoms with Crippen molar-refractivity contribution in [3.8, 4) is 0 Å². The summed E-state index contributed by atoms with van der Waals surface area (Å²) >= 11 is 0. The molecule has 0 aliphatic carbocycles. The van der Waals surface area contributed by atoms with Crippen molar-refractivity contribution < 1.29 is 14.5 Å². The number of aromatic nitrogens is 1. The van der Waals surface area contributed by atoms with Crippen molar-refractivity contribution in [2.45, 2.75) is 20.3 Å². The number of carbonyl (C=O) groups excluding carboxylic acids is 1. The zero-order valence-electron chi connectivity index (χ0n) is 15.4. The molecule has 144 valence electrons. The molecule has 0 spiro atoms. The number of aliphatic imine (C=N–C) groups is 1. The van der Waals surface area contributed by atoms with Gasteiger partial charge < -0.3 is 15.4 Å². The average molecular weight is 381 g/mol. The van der Waals surface area contributed by atoms with E-state index in [4.69, 9.17) is 4.74 Å². The summed E-state index contributed by atoms with van der Waals surface area (Å²) in [6.07, 6.45) is 5.19. The summed E-state index contributed by atoms with van der Waals surface area (Å²) in [5.74, 6) is 1.34. The molecule has 0 radical (unpaired) electrons. The Morgan fingerprint density at radius 1 is 1.32 bits per heavy atom. The molecule has 2 N–H and O–H groups in total. The van der Waals surface area contributed by atoms with E-state index in [1.165, 1.54) is 12.4 Å². The standard InChI is InChI=1S/C19H19N5O4/c1-12-18(24(26)27)17(14-9-21-16(11-25)22-10-14)19(13(2)23-12)28-8-6-15-5-3-4-7-20-15/h3-5,7,9-10,17,21,23H,6,8H2,1-2H3. The maximum Gasteiger partial charge on any atom is 0.280 e. The number of pyridine rings is 1. The quantitative estimate of drug-likeness (QED) is 0.438. The monoisotopic (exact) mass is 381 g/mol. The van der Waals surface area contributed by atoms with Crippen molar-refractivity contribution in [3.05, 3.63) is 80.6 Å². The Kier molecular flexibility index (Phi) is 5.67. The zero-order valence-corrected chi connectivity index (χ0v) is 15.4. The Labute approximate surface area is 161 Å². The Morgan fingerprint density at radius 2 is 2.14 bits per heavy atom. The summed E-state index contributed by atoms with van der Waals surface area (Å²) in [5, 5.41) is 17.4. The predicted octanol–water partition coefficient (Wildman–Crippen LogP) is 1.83. The van der Waals surface area contributed by atoms with Gasteiger partial charge in [0.2, 0.25) is 5.82 Å². The molecule has 28 heavy (non-hydrogen) atoms. The fraction of sp³-hybridized carbons (Fsp3) is 0.263. The van der Waals surface area contributed by atoms with E-state index in [0.717, 1.165) is 5.69 Å². The lowest BCUT2D eigenvalue weighted by Crippen LogP contribution is -2.32. The van der Waals surface area contributed by atoms with Gasteiger partial charge in [-0.15, -0.1) is 0 Å². The molecule has 3 rings (SSSR count). The molecule has 0 bridgehead atoms. The molecule has 0 saturated carbocycles. The number of dihydropyridines is 1. The first kappa shape index (κ1) is 19.1. The second-order valence-electron chi connectivity index (χ2n) is 6.23. The highest BCUT2D eigenvalue weighted by Crippen LogP contribution is 2.35. The van der Waals surface area contributed by atoms with Crippen LogP contribution >= 0.6 is 0 Å². The van der Waals surface area contributed by atoms with Crippen LogP contribution in [-0.4, -0.2) is 28.7 Å². The molecule has 0 aromatic carbocycles. The third kappa shape index (κ3) is 3.99. The lowest BCUT2D eigenvalue weighted by atomic mass is 9.89. The van der Waals surface area contributed by atoms with Crippen LogP contribution in [0.1, 0.15) is 19.5 Å². The maximum atomic E-state index is 11.7. The van der Waals surface area contributed by atoms with E-state index in [2.05, 4.69) is 20.6 Å². The Balaban J connectivity index is 1.88. The van der Waals surface area contributed by atoms with Gasteiger partial charge in [0, 0.05) is 36.3 Å². The van der Waals surface area contributed by atoms with Crippen LogP contribution in [0.2, 0.25) is 0 Å². The van der Waals surface area contributed by atoms with Gasteiger partial charge in [0.15, 0.2) is 5.94 Å². The lowest BCUT2D eigenvalue weighted by Gasteiger charge is -2.28. The number of hydrogen-bond acceptors (Lipinski definition) is 8. The molecular formula is C19H19N5O4. The van der Waals surface area contributed by atoms with Crippen LogP contribution in [0.3, 0.4) is 0 Å². The number of nitrogens with zero attached hydrogens (tertiary/aromatic N) is 3. The summed E-state index contributed by atoms with van der Waals surface area (Å²) in [4.78, 5) is 30.2. The highest BCUT2D eigenvalue weighted by molar-refractivity contribution is 5.84. The topological polar surface area (TPSA) is 119 Å². The molecule has 0 saturated heterocycles. The smallest absolute Gasteiger partial charge is 0.280 e. The van der Waals surface area contributed by atoms with E-state index in [-0.39, 0.29) is 11.5 Å². The predicted molar refractivity (Wildman–Crippen MR) is 102 cm³/mol. The normalized spacial score (nSPS) is 18.9. The maximum absolute atomic E-state index is 11.7. The van der Waals surface area contributed by atoms with Crippen molar-refractivity contribution in [1.82, 2.24) is 15.6 Å². The van der Waals surface area contributed by atoms with E-state index in [1.807, 2.05) is 18.2 Å². The van der Waals surface area contributed by atoms with Gasteiger partial charge in [0.05, 0.1) is 22.9 Å². The highest BCUT2D eigenvalue weighted by Gasteiger charge is 2.40. The summed E-state index contributed by atoms with van der Waals surface area (Å²) < 4.78 is 5.97. The van der Waals surface area contributed by atoms with Gasteiger partial charge in [0.1, 0.15) is 11.7 Å². The van der Waals surface area contributed by atoms with Crippen molar-refractivity contribution in [3.63, 3.8) is 0 Å². The first-order chi connectivity index (χ1) is 13.5. The van der Waals surface area contributed by atoms with Crippen LogP contribution in [-0.2, 0) is 16.0 Å². The molecule has 2 aliphatic rings. The van der Waals surface area contributed by atoms with Gasteiger partial charge in [-0.25, -0.2) is 9.79 Å². The van der Waals surface area contributed by atoms with Gasteiger partial charge >= 0.3 is 0 Å². The molecule has 1 aromatic rings. The van der Waals surface area contributed by atoms with Gasteiger partial charge in [-0.2, -0.15) is 0 Å². The summed E-state index contributed by atoms with van der Waals surface area (Å²) in [5.41, 5.74) is 2.45. The van der Waals surface area contributed by atoms with Gasteiger partial charge in [-0.1, -0.05) is 6.07 Å². The van der Waals surface area contributed by atoms with E-state index in [0.29, 0.717) is 35.8 Å². The summed E-state index contributed by atoms with van der Waals surface area (Å²) in [6.45, 7) is 3.75. The third-order valence-electron chi connectivity index (χ3n) is 4.35. The minimum Gasteiger partial charge on any atom is -0.494 e. The third-order valence-corrected chi connectivity index (χ3v) is 4.35. The van der Waals surface area contributed by atoms with Crippen LogP contribution in [0.5, 0.6) is 0 Å². The van der Waals surface area contributed by atoms with E-state index >= 15 is 0 Å². The molecule has 0 fully saturated rings. The van der Waals surface area contributed by atoms with Crippen molar-refractivity contribution in [2.24, 2.45) is 10.9 Å². The number of allylic oxidation sites excluding steroid dienone is 2. The minimum absolute atomic E-state index is 0.0133. The van der Waals surface area contributed by atoms with Crippen LogP contribution in [0.25, 0.3) is 0 Å². The van der Waals surface area contributed by atoms with Gasteiger partial charge in [-0.05, 0) is 26.0 Å². The first-order valence-corrected chi connectivity index (χ1v) is 8.62. The van der Waals surface area contributed by atoms with Gasteiger partial charge in [-0.3, -0.25) is 15.1 Å². The number of nitrogens with one attached hydrogen (secondary N) is 2. The van der Waals surface area contributed by atoms with Gasteiger partial charge in [0.25, 0.3) is 5.70 Å². The van der Waals surface area contributed by atoms with E-state index in [1.54, 1.807) is 26.0 Å². The zero-order chi connectivity index (χ0) is 20.1. The van der Waals surface area contributed by atoms with Crippen LogP contribution in [0.4, 0.5) is 0 Å². The molecule has 9 nitrogen and oxygen atoms in total. The fourth-order valence-electron chi connectivity index (χ4n) is 3.10. The number of nitro groups is 1. The Hall–Kier alpha value is -3.71. The van der Waals surface area contributed by atoms with Crippen molar-refractivity contribution in [2.75, 3.05) is 6.61 Å². The lowest BCUT2D eigenvalue weighted by molar-refractivity contribution is -0.433. The number of hydrogen-bond donors (Lipinski definition) is 2.